The van der Waals surface area contributed by atoms with E-state index in [4.69, 9.17) is 28.3 Å². The van der Waals surface area contributed by atoms with Crippen LogP contribution in [0.4, 0.5) is 0 Å². The number of carboxylic acids is 1. The molecule has 2 rings (SSSR count). The average molecular weight is 316 g/mol. The van der Waals surface area contributed by atoms with Gasteiger partial charge in [-0.2, -0.15) is 0 Å². The number of carboxylic acid groups (broad SMARTS) is 1. The van der Waals surface area contributed by atoms with Gasteiger partial charge in [0.1, 0.15) is 0 Å². The van der Waals surface area contributed by atoms with Crippen LogP contribution in [-0.2, 0) is 9.59 Å². The Balaban J connectivity index is 1.83. The maximum absolute atomic E-state index is 11.9. The van der Waals surface area contributed by atoms with E-state index in [2.05, 4.69) is 5.32 Å². The molecule has 1 aliphatic rings. The molecule has 0 aliphatic heterocycles. The van der Waals surface area contributed by atoms with Crippen molar-refractivity contribution in [3.63, 3.8) is 0 Å². The molecule has 20 heavy (non-hydrogen) atoms. The van der Waals surface area contributed by atoms with Crippen LogP contribution in [0, 0.1) is 5.92 Å². The zero-order chi connectivity index (χ0) is 14.7. The Morgan fingerprint density at radius 3 is 2.80 bits per heavy atom. The minimum absolute atomic E-state index is 0.0450. The van der Waals surface area contributed by atoms with Gasteiger partial charge in [0.05, 0.1) is 10.0 Å². The molecule has 0 saturated heterocycles. The van der Waals surface area contributed by atoms with Crippen molar-refractivity contribution in [3.8, 4) is 0 Å². The fraction of sp³-hybridized carbons (Fsp3) is 0.429. The molecule has 0 unspecified atom stereocenters. The Kier molecular flexibility index (Phi) is 4.89. The fourth-order valence-corrected chi connectivity index (χ4v) is 2.67. The van der Waals surface area contributed by atoms with Crippen molar-refractivity contribution >= 4 is 35.1 Å². The largest absolute Gasteiger partial charge is 0.481 e. The third-order valence-electron chi connectivity index (χ3n) is 3.37. The van der Waals surface area contributed by atoms with E-state index in [1.165, 1.54) is 0 Å². The molecule has 6 heteroatoms. The zero-order valence-corrected chi connectivity index (χ0v) is 12.2. The van der Waals surface area contributed by atoms with Crippen molar-refractivity contribution in [2.24, 2.45) is 5.92 Å². The van der Waals surface area contributed by atoms with Gasteiger partial charge in [0.2, 0.25) is 5.91 Å². The van der Waals surface area contributed by atoms with Gasteiger partial charge < -0.3 is 10.4 Å². The van der Waals surface area contributed by atoms with Gasteiger partial charge in [-0.25, -0.2) is 0 Å². The lowest BCUT2D eigenvalue weighted by Gasteiger charge is -2.06. The van der Waals surface area contributed by atoms with Crippen LogP contribution in [0.3, 0.4) is 0 Å². The summed E-state index contributed by atoms with van der Waals surface area (Å²) >= 11 is 12.1. The summed E-state index contributed by atoms with van der Waals surface area (Å²) in [6.07, 6.45) is 1.26. The molecule has 1 saturated carbocycles. The van der Waals surface area contributed by atoms with Gasteiger partial charge in [-0.15, -0.1) is 0 Å². The van der Waals surface area contributed by atoms with Gasteiger partial charge in [0, 0.05) is 18.9 Å². The van der Waals surface area contributed by atoms with E-state index in [1.54, 1.807) is 6.07 Å². The van der Waals surface area contributed by atoms with E-state index in [1.807, 2.05) is 12.1 Å². The first-order chi connectivity index (χ1) is 9.50. The standard InChI is InChI=1S/C14H15Cl2NO3/c15-11-4-1-3-8(13(11)16)9-7-10(9)14(20)17-6-2-5-12(18)19/h1,3-4,9-10H,2,5-7H2,(H,17,20)(H,18,19)/t9-,10-/m0/s1. The highest BCUT2D eigenvalue weighted by molar-refractivity contribution is 6.42. The van der Waals surface area contributed by atoms with Gasteiger partial charge in [-0.05, 0) is 30.4 Å². The van der Waals surface area contributed by atoms with Crippen LogP contribution < -0.4 is 5.32 Å². The van der Waals surface area contributed by atoms with E-state index in [0.717, 1.165) is 12.0 Å². The number of rotatable bonds is 6. The first-order valence-corrected chi connectivity index (χ1v) is 7.19. The van der Waals surface area contributed by atoms with Gasteiger partial charge in [0.25, 0.3) is 0 Å². The molecule has 2 N–H and O–H groups in total. The molecule has 1 aromatic carbocycles. The summed E-state index contributed by atoms with van der Waals surface area (Å²) in [5, 5.41) is 12.3. The van der Waals surface area contributed by atoms with Crippen LogP contribution in [0.15, 0.2) is 18.2 Å². The number of hydrogen-bond donors (Lipinski definition) is 2. The van der Waals surface area contributed by atoms with Gasteiger partial charge in [-0.3, -0.25) is 9.59 Å². The SMILES string of the molecule is O=C(O)CCCNC(=O)[C@H]1C[C@H]1c1cccc(Cl)c1Cl. The van der Waals surface area contributed by atoms with E-state index in [0.29, 0.717) is 23.0 Å². The Morgan fingerprint density at radius 2 is 2.10 bits per heavy atom. The van der Waals surface area contributed by atoms with Crippen molar-refractivity contribution in [1.29, 1.82) is 0 Å². The molecule has 0 spiro atoms. The lowest BCUT2D eigenvalue weighted by Crippen LogP contribution is -2.26. The summed E-state index contributed by atoms with van der Waals surface area (Å²) in [5.74, 6) is -0.873. The Hall–Kier alpha value is -1.26. The number of benzene rings is 1. The summed E-state index contributed by atoms with van der Waals surface area (Å²) < 4.78 is 0. The highest BCUT2D eigenvalue weighted by Crippen LogP contribution is 2.50. The van der Waals surface area contributed by atoms with Crippen molar-refractivity contribution in [2.45, 2.75) is 25.2 Å². The minimum atomic E-state index is -0.853. The topological polar surface area (TPSA) is 66.4 Å². The van der Waals surface area contributed by atoms with E-state index >= 15 is 0 Å². The van der Waals surface area contributed by atoms with Gasteiger partial charge in [-0.1, -0.05) is 35.3 Å². The molecule has 0 aromatic heterocycles. The van der Waals surface area contributed by atoms with E-state index in [-0.39, 0.29) is 24.2 Å². The highest BCUT2D eigenvalue weighted by Gasteiger charge is 2.44. The first-order valence-electron chi connectivity index (χ1n) is 6.44. The summed E-state index contributed by atoms with van der Waals surface area (Å²) in [4.78, 5) is 22.3. The molecule has 4 nitrogen and oxygen atoms in total. The predicted molar refractivity (Wildman–Crippen MR) is 77.2 cm³/mol. The monoisotopic (exact) mass is 315 g/mol. The number of aliphatic carboxylic acids is 1. The third-order valence-corrected chi connectivity index (χ3v) is 4.21. The average Bonchev–Trinajstić information content (AvgIpc) is 3.17. The summed E-state index contributed by atoms with van der Waals surface area (Å²) in [6.45, 7) is 0.387. The number of nitrogens with one attached hydrogen (secondary N) is 1. The first kappa shape index (κ1) is 15.1. The van der Waals surface area contributed by atoms with Crippen LogP contribution >= 0.6 is 23.2 Å². The maximum atomic E-state index is 11.9. The third kappa shape index (κ3) is 3.64. The number of halogens is 2. The molecule has 0 bridgehead atoms. The Morgan fingerprint density at radius 1 is 1.35 bits per heavy atom. The quantitative estimate of drug-likeness (QED) is 0.793. The zero-order valence-electron chi connectivity index (χ0n) is 10.7. The molecule has 2 atom stereocenters. The van der Waals surface area contributed by atoms with Crippen LogP contribution in [-0.4, -0.2) is 23.5 Å². The molecule has 1 aromatic rings. The van der Waals surface area contributed by atoms with Crippen LogP contribution in [0.2, 0.25) is 10.0 Å². The minimum Gasteiger partial charge on any atom is -0.481 e. The summed E-state index contributed by atoms with van der Waals surface area (Å²) in [7, 11) is 0. The molecule has 0 radical (unpaired) electrons. The summed E-state index contributed by atoms with van der Waals surface area (Å²) in [6, 6.07) is 5.43. The van der Waals surface area contributed by atoms with E-state index < -0.39 is 5.97 Å². The number of hydrogen-bond acceptors (Lipinski definition) is 2. The van der Waals surface area contributed by atoms with E-state index in [9.17, 15) is 9.59 Å². The maximum Gasteiger partial charge on any atom is 0.303 e. The molecule has 1 aliphatic carbocycles. The lowest BCUT2D eigenvalue weighted by atomic mass is 10.1. The number of amides is 1. The summed E-state index contributed by atoms with van der Waals surface area (Å²) in [5.41, 5.74) is 0.907. The lowest BCUT2D eigenvalue weighted by molar-refractivity contribution is -0.137. The van der Waals surface area contributed by atoms with Crippen LogP contribution in [0.25, 0.3) is 0 Å². The van der Waals surface area contributed by atoms with Crippen LogP contribution in [0.1, 0.15) is 30.7 Å². The Bertz CT molecular complexity index is 533. The molecule has 1 amide bonds. The molecule has 108 valence electrons. The van der Waals surface area contributed by atoms with Crippen LogP contribution in [0.5, 0.6) is 0 Å². The van der Waals surface area contributed by atoms with Gasteiger partial charge in [0.15, 0.2) is 0 Å². The molecular weight excluding hydrogens is 301 g/mol. The molecule has 0 heterocycles. The predicted octanol–water partition coefficient (Wildman–Crippen LogP) is 3.08. The normalized spacial score (nSPS) is 20.5. The smallest absolute Gasteiger partial charge is 0.303 e. The second-order valence-corrected chi connectivity index (χ2v) is 5.67. The van der Waals surface area contributed by atoms with Crippen molar-refractivity contribution in [1.82, 2.24) is 5.32 Å². The van der Waals surface area contributed by atoms with Crippen molar-refractivity contribution in [2.75, 3.05) is 6.54 Å². The fourth-order valence-electron chi connectivity index (χ4n) is 2.22. The van der Waals surface area contributed by atoms with Crippen molar-refractivity contribution in [3.05, 3.63) is 33.8 Å². The van der Waals surface area contributed by atoms with Gasteiger partial charge >= 0.3 is 5.97 Å². The Labute approximate surface area is 127 Å². The number of carbonyl (C=O) groups is 2. The number of carbonyl (C=O) groups excluding carboxylic acids is 1. The second-order valence-electron chi connectivity index (χ2n) is 4.88. The molecule has 1 fully saturated rings. The molecular formula is C14H15Cl2NO3. The highest BCUT2D eigenvalue weighted by atomic mass is 35.5. The second kappa shape index (κ2) is 6.46. The van der Waals surface area contributed by atoms with Crippen molar-refractivity contribution < 1.29 is 14.7 Å².